The van der Waals surface area contributed by atoms with E-state index in [4.69, 9.17) is 5.11 Å². The third-order valence-electron chi connectivity index (χ3n) is 2.33. The highest BCUT2D eigenvalue weighted by atomic mass is 32.2. The molecule has 7 heteroatoms. The van der Waals surface area contributed by atoms with Gasteiger partial charge in [0.2, 0.25) is 5.91 Å². The van der Waals surface area contributed by atoms with E-state index in [2.05, 4.69) is 5.32 Å². The molecule has 0 unspecified atom stereocenters. The number of carboxylic acid groups (broad SMARTS) is 1. The van der Waals surface area contributed by atoms with E-state index in [9.17, 15) is 18.0 Å². The lowest BCUT2D eigenvalue weighted by Crippen LogP contribution is -2.44. The van der Waals surface area contributed by atoms with Crippen LogP contribution >= 0.6 is 0 Å². The number of sulfone groups is 1. The number of aliphatic carboxylic acids is 1. The molecule has 1 atom stereocenters. The number of carbonyl (C=O) groups excluding carboxylic acids is 1. The van der Waals surface area contributed by atoms with Gasteiger partial charge in [0.05, 0.1) is 11.5 Å². The Morgan fingerprint density at radius 2 is 1.83 bits per heavy atom. The molecule has 0 aliphatic carbocycles. The molecule has 18 heavy (non-hydrogen) atoms. The van der Waals surface area contributed by atoms with Crippen LogP contribution in [0, 0.1) is 5.92 Å². The molecule has 0 aliphatic rings. The summed E-state index contributed by atoms with van der Waals surface area (Å²) in [6, 6.07) is -1.37. The second-order valence-electron chi connectivity index (χ2n) is 4.74. The molecule has 106 valence electrons. The van der Waals surface area contributed by atoms with Crippen LogP contribution in [0.1, 0.15) is 33.6 Å². The molecule has 0 radical (unpaired) electrons. The summed E-state index contributed by atoms with van der Waals surface area (Å²) < 4.78 is 23.4. The molecule has 0 saturated carbocycles. The molecule has 0 saturated heterocycles. The Kier molecular flexibility index (Phi) is 6.90. The number of carbonyl (C=O) groups is 2. The summed E-state index contributed by atoms with van der Waals surface area (Å²) in [7, 11) is -3.46. The van der Waals surface area contributed by atoms with Crippen molar-refractivity contribution in [2.75, 3.05) is 11.5 Å². The Bertz CT molecular complexity index is 388. The highest BCUT2D eigenvalue weighted by Gasteiger charge is 2.25. The Labute approximate surface area is 108 Å². The van der Waals surface area contributed by atoms with Crippen LogP contribution in [-0.4, -0.2) is 42.9 Å². The predicted octanol–water partition coefficient (Wildman–Crippen LogP) is 0.427. The topological polar surface area (TPSA) is 101 Å². The molecule has 0 fully saturated rings. The summed E-state index contributed by atoms with van der Waals surface area (Å²) in [5.41, 5.74) is 0. The molecule has 6 nitrogen and oxygen atoms in total. The quantitative estimate of drug-likeness (QED) is 0.671. The van der Waals surface area contributed by atoms with Gasteiger partial charge >= 0.3 is 5.97 Å². The summed E-state index contributed by atoms with van der Waals surface area (Å²) in [6.45, 7) is 5.13. The van der Waals surface area contributed by atoms with Crippen LogP contribution in [-0.2, 0) is 19.4 Å². The first-order chi connectivity index (χ1) is 8.14. The molecule has 0 aromatic carbocycles. The summed E-state index contributed by atoms with van der Waals surface area (Å²) >= 11 is 0. The lowest BCUT2D eigenvalue weighted by molar-refractivity contribution is -0.140. The molecule has 0 heterocycles. The fourth-order valence-electron chi connectivity index (χ4n) is 1.47. The summed E-state index contributed by atoms with van der Waals surface area (Å²) in [6.07, 6.45) is 1.28. The number of carboxylic acids is 1. The van der Waals surface area contributed by atoms with Crippen molar-refractivity contribution in [3.8, 4) is 0 Å². The van der Waals surface area contributed by atoms with Gasteiger partial charge in [0.1, 0.15) is 6.04 Å². The number of hydrogen-bond donors (Lipinski definition) is 2. The zero-order valence-corrected chi connectivity index (χ0v) is 11.8. The van der Waals surface area contributed by atoms with E-state index in [1.165, 1.54) is 0 Å². The number of nitrogens with one attached hydrogen (secondary N) is 1. The molecule has 2 N–H and O–H groups in total. The van der Waals surface area contributed by atoms with Gasteiger partial charge in [-0.3, -0.25) is 4.79 Å². The minimum absolute atomic E-state index is 0.0471. The molecule has 0 aromatic rings. The van der Waals surface area contributed by atoms with Crippen LogP contribution in [0.5, 0.6) is 0 Å². The van der Waals surface area contributed by atoms with Crippen LogP contribution in [0.15, 0.2) is 0 Å². The average Bonchev–Trinajstić information content (AvgIpc) is 2.14. The van der Waals surface area contributed by atoms with Crippen LogP contribution in [0.3, 0.4) is 0 Å². The molecule has 0 bridgehead atoms. The number of hydrogen-bond acceptors (Lipinski definition) is 4. The van der Waals surface area contributed by atoms with Gasteiger partial charge in [-0.05, 0) is 12.3 Å². The first kappa shape index (κ1) is 16.9. The van der Waals surface area contributed by atoms with Crippen molar-refractivity contribution in [2.24, 2.45) is 5.92 Å². The highest BCUT2D eigenvalue weighted by Crippen LogP contribution is 2.07. The minimum atomic E-state index is -3.46. The van der Waals surface area contributed by atoms with Crippen LogP contribution in [0.4, 0.5) is 0 Å². The van der Waals surface area contributed by atoms with E-state index >= 15 is 0 Å². The monoisotopic (exact) mass is 279 g/mol. The normalized spacial score (nSPS) is 13.3. The van der Waals surface area contributed by atoms with Gasteiger partial charge < -0.3 is 10.4 Å². The van der Waals surface area contributed by atoms with E-state index in [0.29, 0.717) is 12.3 Å². The highest BCUT2D eigenvalue weighted by molar-refractivity contribution is 7.91. The number of rotatable bonds is 8. The second-order valence-corrected chi connectivity index (χ2v) is 6.97. The van der Waals surface area contributed by atoms with Crippen LogP contribution in [0.25, 0.3) is 0 Å². The zero-order valence-electron chi connectivity index (χ0n) is 11.0. The molecule has 0 aromatic heterocycles. The summed E-state index contributed by atoms with van der Waals surface area (Å²) in [5, 5.41) is 10.9. The largest absolute Gasteiger partial charge is 0.480 e. The standard InChI is InChI=1S/C11H21NO5S/c1-8(2)5-4-6-18(16,17)7-10(11(14)15)12-9(3)13/h8,10H,4-7H2,1-3H3,(H,12,13)(H,14,15)/t10-/m0/s1. The Morgan fingerprint density at radius 1 is 1.28 bits per heavy atom. The van der Waals surface area contributed by atoms with Crippen LogP contribution in [0.2, 0.25) is 0 Å². The SMILES string of the molecule is CC(=O)N[C@@H](CS(=O)(=O)CCCC(C)C)C(=O)O. The van der Waals surface area contributed by atoms with Crippen molar-refractivity contribution in [3.63, 3.8) is 0 Å². The fraction of sp³-hybridized carbons (Fsp3) is 0.818. The lowest BCUT2D eigenvalue weighted by atomic mass is 10.1. The van der Waals surface area contributed by atoms with Gasteiger partial charge in [-0.15, -0.1) is 0 Å². The van der Waals surface area contributed by atoms with E-state index in [1.807, 2.05) is 13.8 Å². The molecule has 0 aliphatic heterocycles. The van der Waals surface area contributed by atoms with E-state index < -0.39 is 33.5 Å². The molecule has 0 rings (SSSR count). The van der Waals surface area contributed by atoms with Gasteiger partial charge in [-0.2, -0.15) is 0 Å². The van der Waals surface area contributed by atoms with Crippen molar-refractivity contribution in [1.82, 2.24) is 5.32 Å². The van der Waals surface area contributed by atoms with Crippen molar-refractivity contribution in [3.05, 3.63) is 0 Å². The molecular weight excluding hydrogens is 258 g/mol. The van der Waals surface area contributed by atoms with Gasteiger partial charge in [-0.1, -0.05) is 20.3 Å². The van der Waals surface area contributed by atoms with Crippen LogP contribution < -0.4 is 5.32 Å². The summed E-state index contributed by atoms with van der Waals surface area (Å²) in [4.78, 5) is 21.6. The maximum Gasteiger partial charge on any atom is 0.327 e. The first-order valence-electron chi connectivity index (χ1n) is 5.84. The van der Waals surface area contributed by atoms with E-state index in [1.54, 1.807) is 0 Å². The van der Waals surface area contributed by atoms with Crippen molar-refractivity contribution in [2.45, 2.75) is 39.7 Å². The Balaban J connectivity index is 4.42. The van der Waals surface area contributed by atoms with Crippen molar-refractivity contribution >= 4 is 21.7 Å². The molecular formula is C11H21NO5S. The predicted molar refractivity (Wildman–Crippen MR) is 68.0 cm³/mol. The third-order valence-corrected chi connectivity index (χ3v) is 4.08. The van der Waals surface area contributed by atoms with Gasteiger partial charge in [0.15, 0.2) is 9.84 Å². The van der Waals surface area contributed by atoms with Gasteiger partial charge in [-0.25, -0.2) is 13.2 Å². The zero-order chi connectivity index (χ0) is 14.3. The average molecular weight is 279 g/mol. The van der Waals surface area contributed by atoms with Gasteiger partial charge in [0, 0.05) is 6.92 Å². The van der Waals surface area contributed by atoms with Gasteiger partial charge in [0.25, 0.3) is 0 Å². The third kappa shape index (κ3) is 8.05. The lowest BCUT2D eigenvalue weighted by Gasteiger charge is -2.13. The maximum atomic E-state index is 11.7. The van der Waals surface area contributed by atoms with E-state index in [0.717, 1.165) is 13.3 Å². The summed E-state index contributed by atoms with van der Waals surface area (Å²) in [5.74, 6) is -2.09. The first-order valence-corrected chi connectivity index (χ1v) is 7.66. The Morgan fingerprint density at radius 3 is 2.22 bits per heavy atom. The minimum Gasteiger partial charge on any atom is -0.480 e. The molecule has 1 amide bonds. The number of amides is 1. The van der Waals surface area contributed by atoms with Crippen molar-refractivity contribution in [1.29, 1.82) is 0 Å². The fourth-order valence-corrected chi connectivity index (χ4v) is 2.98. The van der Waals surface area contributed by atoms with E-state index in [-0.39, 0.29) is 5.75 Å². The second kappa shape index (κ2) is 7.35. The maximum absolute atomic E-state index is 11.7. The smallest absolute Gasteiger partial charge is 0.327 e. The Hall–Kier alpha value is -1.11. The molecule has 0 spiro atoms. The van der Waals surface area contributed by atoms with Crippen molar-refractivity contribution < 1.29 is 23.1 Å².